The molecule has 111 valence electrons. The van der Waals surface area contributed by atoms with Gasteiger partial charge in [0.2, 0.25) is 0 Å². The summed E-state index contributed by atoms with van der Waals surface area (Å²) in [6.07, 6.45) is 5.60. The van der Waals surface area contributed by atoms with Gasteiger partial charge in [-0.1, -0.05) is 0 Å². The molecule has 20 heavy (non-hydrogen) atoms. The summed E-state index contributed by atoms with van der Waals surface area (Å²) in [4.78, 5) is 7.08. The molecule has 4 heteroatoms. The molecule has 0 aromatic carbocycles. The van der Waals surface area contributed by atoms with E-state index < -0.39 is 0 Å². The van der Waals surface area contributed by atoms with E-state index in [-0.39, 0.29) is 0 Å². The second-order valence-electron chi connectivity index (χ2n) is 6.70. The Kier molecular flexibility index (Phi) is 5.17. The molecule has 0 bridgehead atoms. The molecule has 2 rings (SSSR count). The van der Waals surface area contributed by atoms with E-state index in [2.05, 4.69) is 57.0 Å². The fraction of sp³-hybridized carbons (Fsp3) is 0.750. The first-order valence-electron chi connectivity index (χ1n) is 7.57. The summed E-state index contributed by atoms with van der Waals surface area (Å²) in [6.45, 7) is 0. The predicted octanol–water partition coefficient (Wildman–Crippen LogP) is 2.26. The standard InChI is InChI=1S/C16H28N3.Hf/c1-17(2)14-11-13(12-9-7-8-10-12)15(18(3)4)16(14)19(5)6;/h12,14H,7-10H2,1-6H3;. The van der Waals surface area contributed by atoms with Gasteiger partial charge in [-0.2, -0.15) is 0 Å². The molecule has 3 nitrogen and oxygen atoms in total. The zero-order valence-electron chi connectivity index (χ0n) is 13.8. The topological polar surface area (TPSA) is 9.72 Å². The number of allylic oxidation sites excluding steroid dienone is 1. The van der Waals surface area contributed by atoms with Gasteiger partial charge in [0.1, 0.15) is 0 Å². The summed E-state index contributed by atoms with van der Waals surface area (Å²) in [5.41, 5.74) is 4.69. The van der Waals surface area contributed by atoms with Crippen LogP contribution in [0.25, 0.3) is 0 Å². The van der Waals surface area contributed by atoms with Gasteiger partial charge in [-0.05, 0) is 0 Å². The van der Waals surface area contributed by atoms with E-state index >= 15 is 0 Å². The van der Waals surface area contributed by atoms with Crippen LogP contribution in [-0.4, -0.2) is 63.0 Å². The SMILES string of the molecule is CN(C)C1=C(N(C)C)C(N(C)C)[C]([Hf])=C1C1CCCC1. The van der Waals surface area contributed by atoms with Gasteiger partial charge < -0.3 is 0 Å². The van der Waals surface area contributed by atoms with Crippen LogP contribution >= 0.6 is 0 Å². The molecule has 0 heterocycles. The first-order valence-corrected chi connectivity index (χ1v) is 9.37. The number of hydrogen-bond donors (Lipinski definition) is 0. The van der Waals surface area contributed by atoms with Crippen LogP contribution in [0.4, 0.5) is 0 Å². The van der Waals surface area contributed by atoms with Crippen molar-refractivity contribution in [3.05, 3.63) is 20.3 Å². The van der Waals surface area contributed by atoms with Crippen LogP contribution in [0.3, 0.4) is 0 Å². The average Bonchev–Trinajstić information content (AvgIpc) is 2.92. The van der Waals surface area contributed by atoms with Crippen molar-refractivity contribution in [1.29, 1.82) is 0 Å². The molecular formula is C16H28HfN3. The number of likely N-dealkylation sites (N-methyl/N-ethyl adjacent to an activating group) is 3. The van der Waals surface area contributed by atoms with E-state index in [9.17, 15) is 0 Å². The molecule has 2 aliphatic rings. The van der Waals surface area contributed by atoms with Crippen molar-refractivity contribution in [3.63, 3.8) is 0 Å². The zero-order valence-corrected chi connectivity index (χ0v) is 17.4. The van der Waals surface area contributed by atoms with Crippen molar-refractivity contribution in [2.75, 3.05) is 42.3 Å². The molecule has 1 saturated carbocycles. The maximum atomic E-state index is 2.39. The monoisotopic (exact) mass is 442 g/mol. The van der Waals surface area contributed by atoms with Crippen LogP contribution in [0.15, 0.2) is 20.3 Å². The Labute approximate surface area is 139 Å². The van der Waals surface area contributed by atoms with Crippen molar-refractivity contribution < 1.29 is 24.4 Å². The molecule has 0 aromatic heterocycles. The molecule has 0 amide bonds. The van der Waals surface area contributed by atoms with Gasteiger partial charge in [0, 0.05) is 0 Å². The van der Waals surface area contributed by atoms with E-state index in [4.69, 9.17) is 0 Å². The van der Waals surface area contributed by atoms with Crippen molar-refractivity contribution in [3.8, 4) is 0 Å². The van der Waals surface area contributed by atoms with Gasteiger partial charge in [-0.3, -0.25) is 0 Å². The maximum absolute atomic E-state index is 2.39. The summed E-state index contributed by atoms with van der Waals surface area (Å²) >= 11 is 1.16. The summed E-state index contributed by atoms with van der Waals surface area (Å²) < 4.78 is 1.70. The third-order valence-corrected chi connectivity index (χ3v) is 6.48. The molecule has 0 saturated heterocycles. The van der Waals surface area contributed by atoms with Crippen molar-refractivity contribution in [2.45, 2.75) is 31.7 Å². The summed E-state index contributed by atoms with van der Waals surface area (Å²) in [5, 5.41) is 0. The van der Waals surface area contributed by atoms with Crippen LogP contribution in [0.2, 0.25) is 0 Å². The second kappa shape index (κ2) is 6.35. The number of rotatable bonds is 4. The molecule has 0 N–H and O–H groups in total. The zero-order chi connectivity index (χ0) is 15.0. The Morgan fingerprint density at radius 3 is 1.85 bits per heavy atom. The van der Waals surface area contributed by atoms with E-state index in [1.54, 1.807) is 8.90 Å². The van der Waals surface area contributed by atoms with Crippen molar-refractivity contribution in [2.24, 2.45) is 5.92 Å². The Hall–Kier alpha value is -0.0899. The second-order valence-corrected chi connectivity index (χ2v) is 8.63. The average molecular weight is 441 g/mol. The Morgan fingerprint density at radius 2 is 1.45 bits per heavy atom. The van der Waals surface area contributed by atoms with Gasteiger partial charge in [0.15, 0.2) is 0 Å². The van der Waals surface area contributed by atoms with Gasteiger partial charge in [0.25, 0.3) is 0 Å². The first kappa shape index (κ1) is 16.3. The molecule has 1 fully saturated rings. The van der Waals surface area contributed by atoms with Crippen LogP contribution < -0.4 is 0 Å². The molecular weight excluding hydrogens is 413 g/mol. The van der Waals surface area contributed by atoms with E-state index in [0.29, 0.717) is 6.04 Å². The minimum atomic E-state index is 0.490. The van der Waals surface area contributed by atoms with Gasteiger partial charge in [-0.15, -0.1) is 0 Å². The van der Waals surface area contributed by atoms with Crippen LogP contribution in [0.5, 0.6) is 0 Å². The summed E-state index contributed by atoms with van der Waals surface area (Å²) in [7, 11) is 13.2. The molecule has 0 aromatic rings. The summed E-state index contributed by atoms with van der Waals surface area (Å²) in [5.74, 6) is 0.805. The third-order valence-electron chi connectivity index (χ3n) is 4.53. The van der Waals surface area contributed by atoms with Crippen LogP contribution in [-0.2, 0) is 24.4 Å². The molecule has 2 aliphatic carbocycles. The van der Waals surface area contributed by atoms with E-state index in [1.807, 2.05) is 0 Å². The first-order chi connectivity index (χ1) is 9.36. The number of nitrogens with zero attached hydrogens (tertiary/aromatic N) is 3. The molecule has 0 spiro atoms. The van der Waals surface area contributed by atoms with Crippen LogP contribution in [0, 0.1) is 5.92 Å². The summed E-state index contributed by atoms with van der Waals surface area (Å²) in [6, 6.07) is 0.490. The van der Waals surface area contributed by atoms with Crippen molar-refractivity contribution in [1.82, 2.24) is 14.7 Å². The van der Waals surface area contributed by atoms with Crippen LogP contribution in [0.1, 0.15) is 25.7 Å². The Morgan fingerprint density at radius 1 is 0.900 bits per heavy atom. The van der Waals surface area contributed by atoms with Gasteiger partial charge in [-0.25, -0.2) is 0 Å². The third kappa shape index (κ3) is 2.78. The van der Waals surface area contributed by atoms with Gasteiger partial charge >= 0.3 is 139 Å². The fourth-order valence-corrected chi connectivity index (χ4v) is 6.31. The molecule has 0 aliphatic heterocycles. The van der Waals surface area contributed by atoms with E-state index in [0.717, 1.165) is 30.3 Å². The predicted molar refractivity (Wildman–Crippen MR) is 80.9 cm³/mol. The molecule has 1 unspecified atom stereocenters. The van der Waals surface area contributed by atoms with Gasteiger partial charge in [0.05, 0.1) is 0 Å². The fourth-order valence-electron chi connectivity index (χ4n) is 3.74. The molecule has 1 atom stereocenters. The molecule has 0 radical (unpaired) electrons. The Bertz CT molecular complexity index is 429. The minimum absolute atomic E-state index is 0.490. The van der Waals surface area contributed by atoms with E-state index in [1.165, 1.54) is 37.1 Å². The van der Waals surface area contributed by atoms with Crippen molar-refractivity contribution >= 4 is 0 Å². The normalized spacial score (nSPS) is 24.2. The Balaban J connectivity index is 2.54. The number of hydrogen-bond acceptors (Lipinski definition) is 3. The quantitative estimate of drug-likeness (QED) is 0.621.